The van der Waals surface area contributed by atoms with Crippen LogP contribution >= 0.6 is 0 Å². The summed E-state index contributed by atoms with van der Waals surface area (Å²) in [5.74, 6) is -0.961. The van der Waals surface area contributed by atoms with E-state index in [1.807, 2.05) is 13.1 Å². The number of likely N-dealkylation sites (N-methyl/N-ethyl adjacent to an activating group) is 1. The molecule has 0 unspecified atom stereocenters. The zero-order chi connectivity index (χ0) is 26.3. The Labute approximate surface area is 209 Å². The summed E-state index contributed by atoms with van der Waals surface area (Å²) in [5, 5.41) is 0. The van der Waals surface area contributed by atoms with Crippen LogP contribution in [0.25, 0.3) is 0 Å². The molecule has 0 amide bonds. The van der Waals surface area contributed by atoms with Crippen LogP contribution in [0, 0.1) is 5.82 Å². The van der Waals surface area contributed by atoms with Crippen LogP contribution in [0.5, 0.6) is 0 Å². The van der Waals surface area contributed by atoms with Gasteiger partial charge in [-0.05, 0) is 85.0 Å². The van der Waals surface area contributed by atoms with Crippen molar-refractivity contribution in [2.24, 2.45) is 0 Å². The highest BCUT2D eigenvalue weighted by molar-refractivity contribution is 7.91. The SMILES string of the molecule is CN1CCc2cc(N(C)C)c(S(=O)(=O)c3ccc(Cc4ccc(F)cc4C(F)(F)F)cc3)cc2CC1. The molecule has 0 fully saturated rings. The van der Waals surface area contributed by atoms with Crippen molar-refractivity contribution in [3.63, 3.8) is 0 Å². The Morgan fingerprint density at radius 2 is 1.53 bits per heavy atom. The summed E-state index contributed by atoms with van der Waals surface area (Å²) in [7, 11) is 1.76. The zero-order valence-electron chi connectivity index (χ0n) is 20.4. The minimum atomic E-state index is -4.69. The van der Waals surface area contributed by atoms with Gasteiger partial charge in [-0.3, -0.25) is 0 Å². The standard InChI is InChI=1S/C27H28F4N2O2S/c1-32(2)25-15-19-10-12-33(3)13-11-20(19)16-26(25)36(34,35)23-8-4-18(5-9-23)14-21-6-7-22(28)17-24(21)27(29,30)31/h4-9,15-17H,10-14H2,1-3H3. The van der Waals surface area contributed by atoms with Crippen LogP contribution in [0.1, 0.15) is 27.8 Å². The van der Waals surface area contributed by atoms with Crippen molar-refractivity contribution in [3.8, 4) is 0 Å². The number of hydrogen-bond donors (Lipinski definition) is 0. The van der Waals surface area contributed by atoms with Gasteiger partial charge in [-0.1, -0.05) is 18.2 Å². The fourth-order valence-corrected chi connectivity index (χ4v) is 6.08. The molecule has 1 aliphatic heterocycles. The van der Waals surface area contributed by atoms with Crippen molar-refractivity contribution < 1.29 is 26.0 Å². The molecule has 36 heavy (non-hydrogen) atoms. The van der Waals surface area contributed by atoms with Crippen LogP contribution in [-0.2, 0) is 35.3 Å². The molecular weight excluding hydrogens is 492 g/mol. The molecule has 0 bridgehead atoms. The highest BCUT2D eigenvalue weighted by Crippen LogP contribution is 2.35. The van der Waals surface area contributed by atoms with Crippen LogP contribution < -0.4 is 4.90 Å². The van der Waals surface area contributed by atoms with Crippen molar-refractivity contribution >= 4 is 15.5 Å². The molecular formula is C27H28F4N2O2S. The average molecular weight is 521 g/mol. The highest BCUT2D eigenvalue weighted by atomic mass is 32.2. The van der Waals surface area contributed by atoms with E-state index in [0.717, 1.165) is 49.2 Å². The molecule has 1 aliphatic rings. The molecule has 0 aliphatic carbocycles. The van der Waals surface area contributed by atoms with Gasteiger partial charge in [0.25, 0.3) is 0 Å². The number of benzene rings is 3. The van der Waals surface area contributed by atoms with E-state index in [2.05, 4.69) is 4.90 Å². The first-order valence-electron chi connectivity index (χ1n) is 11.6. The number of nitrogens with zero attached hydrogens (tertiary/aromatic N) is 2. The molecule has 9 heteroatoms. The Hall–Kier alpha value is -2.91. The first kappa shape index (κ1) is 26.2. The number of rotatable bonds is 5. The van der Waals surface area contributed by atoms with Crippen LogP contribution in [0.3, 0.4) is 0 Å². The predicted molar refractivity (Wildman–Crippen MR) is 132 cm³/mol. The summed E-state index contributed by atoms with van der Waals surface area (Å²) >= 11 is 0. The normalized spacial score (nSPS) is 14.9. The van der Waals surface area contributed by atoms with Gasteiger partial charge in [0.1, 0.15) is 5.82 Å². The summed E-state index contributed by atoms with van der Waals surface area (Å²) < 4.78 is 80.8. The second kappa shape index (κ2) is 9.86. The number of hydrogen-bond acceptors (Lipinski definition) is 4. The average Bonchev–Trinajstić information content (AvgIpc) is 3.00. The Morgan fingerprint density at radius 1 is 0.917 bits per heavy atom. The number of alkyl halides is 3. The van der Waals surface area contributed by atoms with Crippen molar-refractivity contribution in [1.29, 1.82) is 0 Å². The van der Waals surface area contributed by atoms with Crippen molar-refractivity contribution in [2.45, 2.75) is 35.2 Å². The molecule has 0 N–H and O–H groups in total. The second-order valence-electron chi connectivity index (χ2n) is 9.41. The topological polar surface area (TPSA) is 40.6 Å². The first-order chi connectivity index (χ1) is 16.9. The van der Waals surface area contributed by atoms with Gasteiger partial charge in [0, 0.05) is 27.2 Å². The maximum absolute atomic E-state index is 13.7. The van der Waals surface area contributed by atoms with E-state index in [9.17, 15) is 26.0 Å². The molecule has 4 nitrogen and oxygen atoms in total. The summed E-state index contributed by atoms with van der Waals surface area (Å²) in [6, 6.07) is 12.1. The third-order valence-corrected chi connectivity index (χ3v) is 8.38. The summed E-state index contributed by atoms with van der Waals surface area (Å²) in [4.78, 5) is 4.27. The monoisotopic (exact) mass is 520 g/mol. The minimum Gasteiger partial charge on any atom is -0.377 e. The Bertz CT molecular complexity index is 1370. The van der Waals surface area contributed by atoms with Crippen molar-refractivity contribution in [3.05, 3.63) is 88.2 Å². The van der Waals surface area contributed by atoms with Crippen molar-refractivity contribution in [1.82, 2.24) is 4.90 Å². The largest absolute Gasteiger partial charge is 0.416 e. The molecule has 0 aromatic heterocycles. The summed E-state index contributed by atoms with van der Waals surface area (Å²) in [6.07, 6.45) is -3.21. The number of anilines is 1. The van der Waals surface area contributed by atoms with Gasteiger partial charge in [0.05, 0.1) is 21.0 Å². The molecule has 1 heterocycles. The third kappa shape index (κ3) is 5.42. The van der Waals surface area contributed by atoms with E-state index < -0.39 is 27.4 Å². The molecule has 0 spiro atoms. The van der Waals surface area contributed by atoms with E-state index in [4.69, 9.17) is 0 Å². The lowest BCUT2D eigenvalue weighted by molar-refractivity contribution is -0.138. The predicted octanol–water partition coefficient (Wildman–Crippen LogP) is 5.36. The molecule has 192 valence electrons. The van der Waals surface area contributed by atoms with Gasteiger partial charge in [-0.2, -0.15) is 13.2 Å². The van der Waals surface area contributed by atoms with Crippen LogP contribution in [0.15, 0.2) is 64.4 Å². The quantitative estimate of drug-likeness (QED) is 0.425. The molecule has 3 aromatic carbocycles. The van der Waals surface area contributed by atoms with E-state index in [1.54, 1.807) is 25.1 Å². The van der Waals surface area contributed by atoms with Crippen LogP contribution in [0.2, 0.25) is 0 Å². The molecule has 0 saturated heterocycles. The number of halogens is 4. The molecule has 4 rings (SSSR count). The maximum Gasteiger partial charge on any atom is 0.416 e. The first-order valence-corrected chi connectivity index (χ1v) is 13.1. The van der Waals surface area contributed by atoms with E-state index in [-0.39, 0.29) is 21.8 Å². The lowest BCUT2D eigenvalue weighted by Gasteiger charge is -2.21. The Kier molecular flexibility index (Phi) is 7.16. The lowest BCUT2D eigenvalue weighted by Crippen LogP contribution is -2.20. The van der Waals surface area contributed by atoms with Crippen molar-refractivity contribution in [2.75, 3.05) is 39.1 Å². The molecule has 0 atom stereocenters. The van der Waals surface area contributed by atoms with Gasteiger partial charge >= 0.3 is 6.18 Å². The third-order valence-electron chi connectivity index (χ3n) is 6.58. The number of sulfone groups is 1. The fraction of sp³-hybridized carbons (Fsp3) is 0.333. The summed E-state index contributed by atoms with van der Waals surface area (Å²) in [6.45, 7) is 1.74. The Balaban J connectivity index is 1.68. The zero-order valence-corrected chi connectivity index (χ0v) is 21.2. The van der Waals surface area contributed by atoms with Crippen LogP contribution in [-0.4, -0.2) is 47.6 Å². The van der Waals surface area contributed by atoms with Gasteiger partial charge in [0.2, 0.25) is 9.84 Å². The van der Waals surface area contributed by atoms with Crippen LogP contribution in [0.4, 0.5) is 23.2 Å². The van der Waals surface area contributed by atoms with E-state index in [1.165, 1.54) is 24.3 Å². The van der Waals surface area contributed by atoms with Gasteiger partial charge < -0.3 is 9.80 Å². The highest BCUT2D eigenvalue weighted by Gasteiger charge is 2.33. The fourth-order valence-electron chi connectivity index (χ4n) is 4.52. The second-order valence-corrected chi connectivity index (χ2v) is 11.3. The molecule has 0 saturated carbocycles. The van der Waals surface area contributed by atoms with Gasteiger partial charge in [-0.15, -0.1) is 0 Å². The molecule has 3 aromatic rings. The smallest absolute Gasteiger partial charge is 0.377 e. The van der Waals surface area contributed by atoms with Gasteiger partial charge in [-0.25, -0.2) is 12.8 Å². The van der Waals surface area contributed by atoms with E-state index >= 15 is 0 Å². The van der Waals surface area contributed by atoms with E-state index in [0.29, 0.717) is 17.3 Å². The maximum atomic E-state index is 13.7. The van der Waals surface area contributed by atoms with Gasteiger partial charge in [0.15, 0.2) is 0 Å². The lowest BCUT2D eigenvalue weighted by atomic mass is 9.99. The minimum absolute atomic E-state index is 0.0650. The Morgan fingerprint density at radius 3 is 2.11 bits per heavy atom. The summed E-state index contributed by atoms with van der Waals surface area (Å²) in [5.41, 5.74) is 2.12. The number of fused-ring (bicyclic) bond motifs is 1. The molecule has 0 radical (unpaired) electrons.